The summed E-state index contributed by atoms with van der Waals surface area (Å²) < 4.78 is 15.3. The van der Waals surface area contributed by atoms with Gasteiger partial charge in [-0.2, -0.15) is 0 Å². The number of nitrogen functional groups attached to an aromatic ring is 1. The standard InChI is InChI=1S/C20H16FN5O3/c1-9-7-13(24-18(22)17(9)23-2)11-4-3-10-12(16(11)21)8-26(20(10)29)14-5-6-15(27)25-19(14)28/h3-4,7,14H,5-6,8H2,1H3,(H2,22,24)(H,25,27,28). The zero-order chi connectivity index (χ0) is 20.9. The van der Waals surface area contributed by atoms with Crippen LogP contribution < -0.4 is 11.1 Å². The zero-order valence-electron chi connectivity index (χ0n) is 15.5. The summed E-state index contributed by atoms with van der Waals surface area (Å²) in [4.78, 5) is 45.0. The number of carbonyl (C=O) groups is 3. The van der Waals surface area contributed by atoms with Crippen molar-refractivity contribution in [3.05, 3.63) is 52.1 Å². The number of nitrogens with zero attached hydrogens (tertiary/aromatic N) is 3. The highest BCUT2D eigenvalue weighted by Gasteiger charge is 2.40. The van der Waals surface area contributed by atoms with Crippen LogP contribution in [-0.2, 0) is 16.1 Å². The molecule has 0 radical (unpaired) electrons. The van der Waals surface area contributed by atoms with Gasteiger partial charge in [0.1, 0.15) is 17.7 Å². The van der Waals surface area contributed by atoms with Crippen LogP contribution in [0.2, 0.25) is 0 Å². The summed E-state index contributed by atoms with van der Waals surface area (Å²) in [6.07, 6.45) is 0.328. The summed E-state index contributed by atoms with van der Waals surface area (Å²) in [6.45, 7) is 8.76. The first-order valence-corrected chi connectivity index (χ1v) is 8.92. The van der Waals surface area contributed by atoms with Gasteiger partial charge in [0.25, 0.3) is 5.91 Å². The summed E-state index contributed by atoms with van der Waals surface area (Å²) in [5, 5.41) is 2.22. The smallest absolute Gasteiger partial charge is 0.255 e. The SMILES string of the molecule is [C-]#[N+]c1c(C)cc(-c2ccc3c(c2F)CN(C2CCC(=O)NC2=O)C3=O)nc1N. The van der Waals surface area contributed by atoms with Crippen LogP contribution in [0.25, 0.3) is 16.1 Å². The molecule has 1 atom stereocenters. The second-order valence-corrected chi connectivity index (χ2v) is 7.02. The molecule has 3 amide bonds. The first kappa shape index (κ1) is 18.6. The molecule has 1 aromatic carbocycles. The van der Waals surface area contributed by atoms with Crippen molar-refractivity contribution in [3.63, 3.8) is 0 Å². The van der Waals surface area contributed by atoms with Crippen molar-refractivity contribution in [1.29, 1.82) is 0 Å². The van der Waals surface area contributed by atoms with Gasteiger partial charge >= 0.3 is 0 Å². The molecule has 3 N–H and O–H groups in total. The van der Waals surface area contributed by atoms with Crippen LogP contribution >= 0.6 is 0 Å². The Balaban J connectivity index is 1.72. The number of aromatic nitrogens is 1. The summed E-state index contributed by atoms with van der Waals surface area (Å²) in [5.74, 6) is -2.00. The summed E-state index contributed by atoms with van der Waals surface area (Å²) in [7, 11) is 0. The number of nitrogens with two attached hydrogens (primary N) is 1. The maximum Gasteiger partial charge on any atom is 0.255 e. The molecule has 3 heterocycles. The number of nitrogens with one attached hydrogen (secondary N) is 1. The summed E-state index contributed by atoms with van der Waals surface area (Å²) >= 11 is 0. The Morgan fingerprint density at radius 2 is 2.03 bits per heavy atom. The lowest BCUT2D eigenvalue weighted by molar-refractivity contribution is -0.136. The van der Waals surface area contributed by atoms with E-state index in [1.54, 1.807) is 13.0 Å². The number of hydrogen-bond donors (Lipinski definition) is 2. The van der Waals surface area contributed by atoms with E-state index in [-0.39, 0.29) is 59.2 Å². The topological polar surface area (TPSA) is 110 Å². The molecule has 1 saturated heterocycles. The molecule has 2 aliphatic heterocycles. The molecule has 8 nitrogen and oxygen atoms in total. The molecule has 1 aromatic heterocycles. The minimum atomic E-state index is -0.815. The highest BCUT2D eigenvalue weighted by Crippen LogP contribution is 2.36. The molecule has 9 heteroatoms. The minimum absolute atomic E-state index is 0.0103. The Morgan fingerprint density at radius 1 is 1.31 bits per heavy atom. The predicted molar refractivity (Wildman–Crippen MR) is 101 cm³/mol. The van der Waals surface area contributed by atoms with E-state index in [4.69, 9.17) is 12.3 Å². The van der Waals surface area contributed by atoms with Gasteiger partial charge in [-0.05, 0) is 37.1 Å². The van der Waals surface area contributed by atoms with E-state index in [1.807, 2.05) is 0 Å². The number of rotatable bonds is 2. The monoisotopic (exact) mass is 393 g/mol. The molecule has 0 saturated carbocycles. The molecule has 29 heavy (non-hydrogen) atoms. The average Bonchev–Trinajstić information content (AvgIpc) is 2.99. The van der Waals surface area contributed by atoms with Crippen LogP contribution in [-0.4, -0.2) is 33.6 Å². The third-order valence-corrected chi connectivity index (χ3v) is 5.25. The molecular weight excluding hydrogens is 377 g/mol. The van der Waals surface area contributed by atoms with Crippen molar-refractivity contribution in [1.82, 2.24) is 15.2 Å². The largest absolute Gasteiger partial charge is 0.392 e. The molecule has 2 aliphatic rings. The molecule has 0 aliphatic carbocycles. The second-order valence-electron chi connectivity index (χ2n) is 7.02. The van der Waals surface area contributed by atoms with Gasteiger partial charge in [0.15, 0.2) is 0 Å². The molecule has 1 fully saturated rings. The third-order valence-electron chi connectivity index (χ3n) is 5.25. The molecule has 2 aromatic rings. The molecule has 0 bridgehead atoms. The number of carbonyl (C=O) groups excluding carboxylic acids is 3. The quantitative estimate of drug-likeness (QED) is 0.600. The van der Waals surface area contributed by atoms with Crippen molar-refractivity contribution >= 4 is 29.2 Å². The molecule has 146 valence electrons. The van der Waals surface area contributed by atoms with Gasteiger partial charge in [-0.25, -0.2) is 14.2 Å². The van der Waals surface area contributed by atoms with E-state index < -0.39 is 23.7 Å². The minimum Gasteiger partial charge on any atom is -0.392 e. The van der Waals surface area contributed by atoms with Gasteiger partial charge < -0.3 is 10.6 Å². The maximum absolute atomic E-state index is 15.3. The Labute approximate surface area is 165 Å². The third kappa shape index (κ3) is 2.89. The summed E-state index contributed by atoms with van der Waals surface area (Å²) in [6, 6.07) is 3.70. The van der Waals surface area contributed by atoms with Crippen LogP contribution in [0.1, 0.15) is 34.3 Å². The lowest BCUT2D eigenvalue weighted by Crippen LogP contribution is -2.52. The van der Waals surface area contributed by atoms with E-state index in [9.17, 15) is 14.4 Å². The summed E-state index contributed by atoms with van der Waals surface area (Å²) in [5.41, 5.74) is 7.38. The predicted octanol–water partition coefficient (Wildman–Crippen LogP) is 2.09. The van der Waals surface area contributed by atoms with Crippen molar-refractivity contribution in [2.75, 3.05) is 5.73 Å². The number of imide groups is 1. The molecular formula is C20H16FN5O3. The lowest BCUT2D eigenvalue weighted by atomic mass is 10.0. The van der Waals surface area contributed by atoms with Crippen LogP contribution in [0.15, 0.2) is 18.2 Å². The average molecular weight is 393 g/mol. The van der Waals surface area contributed by atoms with Crippen LogP contribution in [0, 0.1) is 19.3 Å². The number of aryl methyl sites for hydroxylation is 1. The number of halogens is 1. The highest BCUT2D eigenvalue weighted by molar-refractivity contribution is 6.05. The van der Waals surface area contributed by atoms with Crippen molar-refractivity contribution in [3.8, 4) is 11.3 Å². The van der Waals surface area contributed by atoms with Gasteiger partial charge in [0.2, 0.25) is 17.5 Å². The number of pyridine rings is 1. The number of amides is 3. The van der Waals surface area contributed by atoms with Gasteiger partial charge in [-0.1, -0.05) is 0 Å². The Hall–Kier alpha value is -3.80. The van der Waals surface area contributed by atoms with Crippen LogP contribution in [0.4, 0.5) is 15.9 Å². The van der Waals surface area contributed by atoms with E-state index in [1.165, 1.54) is 17.0 Å². The number of benzene rings is 1. The number of piperidine rings is 1. The van der Waals surface area contributed by atoms with Crippen molar-refractivity contribution < 1.29 is 18.8 Å². The van der Waals surface area contributed by atoms with E-state index in [2.05, 4.69) is 15.1 Å². The normalized spacial score (nSPS) is 18.4. The van der Waals surface area contributed by atoms with E-state index >= 15 is 4.39 Å². The Kier molecular flexibility index (Phi) is 4.27. The van der Waals surface area contributed by atoms with Crippen molar-refractivity contribution in [2.24, 2.45) is 0 Å². The fourth-order valence-corrected chi connectivity index (χ4v) is 3.78. The van der Waals surface area contributed by atoms with Crippen LogP contribution in [0.3, 0.4) is 0 Å². The van der Waals surface area contributed by atoms with Gasteiger partial charge in [0, 0.05) is 23.1 Å². The fraction of sp³-hybridized carbons (Fsp3) is 0.250. The Bertz CT molecular complexity index is 1110. The maximum atomic E-state index is 15.3. The van der Waals surface area contributed by atoms with E-state index in [0.717, 1.165) is 0 Å². The molecule has 4 rings (SSSR count). The number of fused-ring (bicyclic) bond motifs is 1. The highest BCUT2D eigenvalue weighted by atomic mass is 19.1. The molecule has 1 unspecified atom stereocenters. The lowest BCUT2D eigenvalue weighted by Gasteiger charge is -2.29. The number of anilines is 1. The van der Waals surface area contributed by atoms with Gasteiger partial charge in [-0.3, -0.25) is 19.7 Å². The fourth-order valence-electron chi connectivity index (χ4n) is 3.78. The number of hydrogen-bond acceptors (Lipinski definition) is 5. The Morgan fingerprint density at radius 3 is 2.69 bits per heavy atom. The van der Waals surface area contributed by atoms with Gasteiger partial charge in [-0.15, -0.1) is 0 Å². The van der Waals surface area contributed by atoms with Crippen LogP contribution in [0.5, 0.6) is 0 Å². The zero-order valence-corrected chi connectivity index (χ0v) is 15.5. The molecule has 0 spiro atoms. The first-order chi connectivity index (χ1) is 13.8. The second kappa shape index (κ2) is 6.67. The van der Waals surface area contributed by atoms with Gasteiger partial charge in [0.05, 0.1) is 18.8 Å². The van der Waals surface area contributed by atoms with Crippen molar-refractivity contribution in [2.45, 2.75) is 32.4 Å². The first-order valence-electron chi connectivity index (χ1n) is 8.92. The van der Waals surface area contributed by atoms with E-state index in [0.29, 0.717) is 5.56 Å².